The average molecular weight is 527 g/mol. The highest BCUT2D eigenvalue weighted by atomic mass is 16.5. The number of ether oxygens (including phenoxy) is 1. The quantitative estimate of drug-likeness (QED) is 0.205. The van der Waals surface area contributed by atoms with Crippen LogP contribution >= 0.6 is 0 Å². The van der Waals surface area contributed by atoms with Crippen molar-refractivity contribution in [2.24, 2.45) is 0 Å². The average Bonchev–Trinajstić information content (AvgIpc) is 3.00. The maximum Gasteiger partial charge on any atom is 0.261 e. The minimum Gasteiger partial charge on any atom is -0.457 e. The lowest BCUT2D eigenvalue weighted by molar-refractivity contribution is 0.0610. The number of nitrogens with zero attached hydrogens (tertiary/aromatic N) is 2. The van der Waals surface area contributed by atoms with Gasteiger partial charge in [-0.05, 0) is 72.5 Å². The summed E-state index contributed by atoms with van der Waals surface area (Å²) in [6.45, 7) is 0.506. The monoisotopic (exact) mass is 526 g/mol. The molecule has 40 heavy (non-hydrogen) atoms. The highest BCUT2D eigenvalue weighted by molar-refractivity contribution is 6.25. The van der Waals surface area contributed by atoms with E-state index in [4.69, 9.17) is 4.74 Å². The number of hydrogen-bond acceptors (Lipinski definition) is 4. The Morgan fingerprint density at radius 3 is 1.85 bits per heavy atom. The van der Waals surface area contributed by atoms with Crippen LogP contribution in [0.25, 0.3) is 10.8 Å². The van der Waals surface area contributed by atoms with Crippen LogP contribution in [0.5, 0.6) is 11.5 Å². The zero-order valence-corrected chi connectivity index (χ0v) is 21.7. The third-order valence-electron chi connectivity index (χ3n) is 7.01. The zero-order chi connectivity index (χ0) is 27.5. The first-order valence-corrected chi connectivity index (χ1v) is 13.2. The molecule has 0 unspecified atom stereocenters. The number of hydrogen-bond donors (Lipinski definition) is 0. The lowest BCUT2D eigenvalue weighted by atomic mass is 9.94. The van der Waals surface area contributed by atoms with Gasteiger partial charge in [-0.1, -0.05) is 60.7 Å². The summed E-state index contributed by atoms with van der Waals surface area (Å²) >= 11 is 0. The normalized spacial score (nSPS) is 12.4. The molecule has 0 aliphatic carbocycles. The summed E-state index contributed by atoms with van der Waals surface area (Å²) in [4.78, 5) is 43.2. The van der Waals surface area contributed by atoms with E-state index in [0.29, 0.717) is 46.5 Å². The van der Waals surface area contributed by atoms with E-state index in [2.05, 4.69) is 0 Å². The molecule has 3 amide bonds. The van der Waals surface area contributed by atoms with Crippen molar-refractivity contribution in [2.45, 2.75) is 6.42 Å². The molecule has 0 bridgehead atoms. The van der Waals surface area contributed by atoms with Crippen molar-refractivity contribution in [3.8, 4) is 11.5 Å². The first-order valence-electron chi connectivity index (χ1n) is 13.2. The third-order valence-corrected chi connectivity index (χ3v) is 7.01. The molecule has 0 N–H and O–H groups in total. The van der Waals surface area contributed by atoms with Gasteiger partial charge < -0.3 is 9.64 Å². The molecule has 6 rings (SSSR count). The second-order valence-electron chi connectivity index (χ2n) is 9.56. The number of benzene rings is 5. The summed E-state index contributed by atoms with van der Waals surface area (Å²) in [5.74, 6) is 0.596. The zero-order valence-electron chi connectivity index (χ0n) is 21.7. The van der Waals surface area contributed by atoms with Crippen molar-refractivity contribution < 1.29 is 19.1 Å². The van der Waals surface area contributed by atoms with E-state index in [1.54, 1.807) is 29.2 Å². The van der Waals surface area contributed by atoms with Crippen LogP contribution in [-0.2, 0) is 0 Å². The molecule has 1 heterocycles. The van der Waals surface area contributed by atoms with Crippen LogP contribution in [0.3, 0.4) is 0 Å². The summed E-state index contributed by atoms with van der Waals surface area (Å²) < 4.78 is 5.91. The number of amides is 3. The van der Waals surface area contributed by atoms with E-state index in [0.717, 1.165) is 11.1 Å². The first kappa shape index (κ1) is 25.1. The lowest BCUT2D eigenvalue weighted by Gasteiger charge is -2.29. The van der Waals surface area contributed by atoms with Crippen molar-refractivity contribution in [1.29, 1.82) is 0 Å². The maximum absolute atomic E-state index is 13.6. The second kappa shape index (κ2) is 10.9. The van der Waals surface area contributed by atoms with Gasteiger partial charge in [-0.25, -0.2) is 0 Å². The van der Waals surface area contributed by atoms with Crippen molar-refractivity contribution >= 4 is 34.2 Å². The van der Waals surface area contributed by atoms with E-state index in [9.17, 15) is 14.4 Å². The Labute approximate surface area is 232 Å². The molecule has 5 aromatic rings. The van der Waals surface area contributed by atoms with Crippen molar-refractivity contribution in [2.75, 3.05) is 18.0 Å². The Kier molecular flexibility index (Phi) is 6.81. The molecule has 1 aliphatic rings. The third kappa shape index (κ3) is 4.83. The van der Waals surface area contributed by atoms with Crippen LogP contribution in [0, 0.1) is 0 Å². The Morgan fingerprint density at radius 2 is 1.23 bits per heavy atom. The SMILES string of the molecule is O=C1c2cccc3cccc(c23)C(=O)N1CCCN(C(=O)c1ccccc1)c1ccc(Oc2ccccc2)cc1. The largest absolute Gasteiger partial charge is 0.457 e. The van der Waals surface area contributed by atoms with E-state index in [1.165, 1.54) is 4.90 Å². The van der Waals surface area contributed by atoms with Crippen LogP contribution in [0.1, 0.15) is 37.5 Å². The molecule has 6 nitrogen and oxygen atoms in total. The molecule has 0 radical (unpaired) electrons. The van der Waals surface area contributed by atoms with E-state index >= 15 is 0 Å². The Balaban J connectivity index is 1.22. The predicted molar refractivity (Wildman–Crippen MR) is 155 cm³/mol. The van der Waals surface area contributed by atoms with Gasteiger partial charge in [0.05, 0.1) is 0 Å². The molecular weight excluding hydrogens is 500 g/mol. The highest BCUT2D eigenvalue weighted by Crippen LogP contribution is 2.30. The summed E-state index contributed by atoms with van der Waals surface area (Å²) in [6, 6.07) is 36.9. The lowest BCUT2D eigenvalue weighted by Crippen LogP contribution is -2.42. The van der Waals surface area contributed by atoms with Crippen molar-refractivity contribution in [3.05, 3.63) is 138 Å². The van der Waals surface area contributed by atoms with Gasteiger partial charge in [0, 0.05) is 40.9 Å². The fraction of sp³-hybridized carbons (Fsp3) is 0.0882. The van der Waals surface area contributed by atoms with Gasteiger partial charge >= 0.3 is 0 Å². The molecule has 0 aromatic heterocycles. The fourth-order valence-electron chi connectivity index (χ4n) is 5.07. The number of para-hydroxylation sites is 1. The highest BCUT2D eigenvalue weighted by Gasteiger charge is 2.32. The molecule has 0 fully saturated rings. The summed E-state index contributed by atoms with van der Waals surface area (Å²) in [7, 11) is 0. The number of rotatable bonds is 8. The molecule has 0 spiro atoms. The number of carbonyl (C=O) groups excluding carboxylic acids is 3. The molecule has 196 valence electrons. The number of carbonyl (C=O) groups is 3. The van der Waals surface area contributed by atoms with Gasteiger partial charge in [-0.15, -0.1) is 0 Å². The van der Waals surface area contributed by atoms with E-state index < -0.39 is 0 Å². The molecule has 6 heteroatoms. The Bertz CT molecular complexity index is 1650. The Morgan fingerprint density at radius 1 is 0.650 bits per heavy atom. The van der Waals surface area contributed by atoms with Crippen LogP contribution < -0.4 is 9.64 Å². The van der Waals surface area contributed by atoms with Gasteiger partial charge in [-0.3, -0.25) is 19.3 Å². The van der Waals surface area contributed by atoms with Gasteiger partial charge in [-0.2, -0.15) is 0 Å². The standard InChI is InChI=1S/C34H26N2O4/c37-32(25-10-3-1-4-11-25)35(26-18-20-28(21-19-26)40-27-14-5-2-6-15-27)22-9-23-36-33(38)29-16-7-12-24-13-8-17-30(31(24)29)34(36)39/h1-8,10-21H,9,22-23H2. The summed E-state index contributed by atoms with van der Waals surface area (Å²) in [5, 5.41) is 1.57. The minimum absolute atomic E-state index is 0.163. The minimum atomic E-state index is -0.308. The number of anilines is 1. The van der Waals surface area contributed by atoms with Gasteiger partial charge in [0.1, 0.15) is 11.5 Å². The first-order chi connectivity index (χ1) is 19.6. The van der Waals surface area contributed by atoms with E-state index in [1.807, 2.05) is 97.1 Å². The predicted octanol–water partition coefficient (Wildman–Crippen LogP) is 6.97. The van der Waals surface area contributed by atoms with Crippen LogP contribution in [0.15, 0.2) is 121 Å². The topological polar surface area (TPSA) is 66.9 Å². The fourth-order valence-corrected chi connectivity index (χ4v) is 5.07. The molecule has 5 aromatic carbocycles. The smallest absolute Gasteiger partial charge is 0.261 e. The molecule has 0 atom stereocenters. The van der Waals surface area contributed by atoms with Gasteiger partial charge in [0.15, 0.2) is 0 Å². The summed E-state index contributed by atoms with van der Waals surface area (Å²) in [6.07, 6.45) is 0.413. The second-order valence-corrected chi connectivity index (χ2v) is 9.56. The van der Waals surface area contributed by atoms with Crippen LogP contribution in [0.2, 0.25) is 0 Å². The van der Waals surface area contributed by atoms with E-state index in [-0.39, 0.29) is 24.3 Å². The number of imide groups is 1. The van der Waals surface area contributed by atoms with Crippen molar-refractivity contribution in [1.82, 2.24) is 4.90 Å². The summed E-state index contributed by atoms with van der Waals surface area (Å²) in [5.41, 5.74) is 2.30. The maximum atomic E-state index is 13.6. The molecule has 0 saturated heterocycles. The molecule has 0 saturated carbocycles. The van der Waals surface area contributed by atoms with Crippen molar-refractivity contribution in [3.63, 3.8) is 0 Å². The van der Waals surface area contributed by atoms with Gasteiger partial charge in [0.25, 0.3) is 17.7 Å². The van der Waals surface area contributed by atoms with Crippen LogP contribution in [-0.4, -0.2) is 35.7 Å². The van der Waals surface area contributed by atoms with Gasteiger partial charge in [0.2, 0.25) is 0 Å². The molecule has 1 aliphatic heterocycles. The van der Waals surface area contributed by atoms with Crippen LogP contribution in [0.4, 0.5) is 5.69 Å². The molecular formula is C34H26N2O4. The Hall–Kier alpha value is -5.23.